The van der Waals surface area contributed by atoms with Crippen molar-refractivity contribution in [3.05, 3.63) is 44.9 Å². The van der Waals surface area contributed by atoms with E-state index in [-0.39, 0.29) is 10.0 Å². The third-order valence-corrected chi connectivity index (χ3v) is 6.96. The maximum atomic E-state index is 12.3. The summed E-state index contributed by atoms with van der Waals surface area (Å²) in [5.41, 5.74) is 3.45. The summed E-state index contributed by atoms with van der Waals surface area (Å²) < 4.78 is 24.5. The van der Waals surface area contributed by atoms with Gasteiger partial charge in [-0.25, -0.2) is 13.4 Å². The third kappa shape index (κ3) is 4.38. The zero-order chi connectivity index (χ0) is 17.9. The van der Waals surface area contributed by atoms with E-state index in [4.69, 9.17) is 11.6 Å². The van der Waals surface area contributed by atoms with E-state index in [1.807, 2.05) is 6.07 Å². The minimum atomic E-state index is -3.98. The highest BCUT2D eigenvalue weighted by molar-refractivity contribution is 7.89. The van der Waals surface area contributed by atoms with E-state index >= 15 is 0 Å². The molecule has 1 aliphatic carbocycles. The molecule has 0 aliphatic heterocycles. The van der Waals surface area contributed by atoms with Crippen LogP contribution in [0.4, 0.5) is 0 Å². The van der Waals surface area contributed by atoms with Crippen molar-refractivity contribution in [2.24, 2.45) is 0 Å². The summed E-state index contributed by atoms with van der Waals surface area (Å²) in [6.07, 6.45) is 8.01. The monoisotopic (exact) mass is 399 g/mol. The Hall–Kier alpha value is -1.48. The molecular formula is C16H18ClN3O3S2. The Balaban J connectivity index is 1.70. The zero-order valence-electron chi connectivity index (χ0n) is 13.4. The lowest BCUT2D eigenvalue weighted by molar-refractivity contribution is 0.0949. The van der Waals surface area contributed by atoms with Crippen LogP contribution in [0.25, 0.3) is 0 Å². The van der Waals surface area contributed by atoms with Crippen molar-refractivity contribution in [1.82, 2.24) is 15.2 Å². The molecule has 1 amide bonds. The van der Waals surface area contributed by atoms with Crippen molar-refractivity contribution in [3.63, 3.8) is 0 Å². The van der Waals surface area contributed by atoms with Gasteiger partial charge in [0.05, 0.1) is 4.88 Å². The van der Waals surface area contributed by atoms with Crippen LogP contribution in [-0.2, 0) is 22.9 Å². The fourth-order valence-corrected chi connectivity index (χ4v) is 5.20. The summed E-state index contributed by atoms with van der Waals surface area (Å²) in [5, 5.41) is -0.150. The average molecular weight is 400 g/mol. The van der Waals surface area contributed by atoms with Crippen LogP contribution in [0.3, 0.4) is 0 Å². The molecule has 0 fully saturated rings. The van der Waals surface area contributed by atoms with E-state index in [2.05, 4.69) is 15.2 Å². The van der Waals surface area contributed by atoms with Crippen LogP contribution in [0.5, 0.6) is 0 Å². The van der Waals surface area contributed by atoms with Gasteiger partial charge in [-0.05, 0) is 49.4 Å². The maximum Gasteiger partial charge on any atom is 0.276 e. The topological polar surface area (TPSA) is 88.2 Å². The van der Waals surface area contributed by atoms with Gasteiger partial charge in [-0.1, -0.05) is 24.4 Å². The number of amides is 1. The second kappa shape index (κ2) is 7.82. The standard InChI is InChI=1S/C16H18ClN3O3S2/c17-15-14(8-5-9-18-15)25(22,23)20-19-16(21)13-10-11-6-3-1-2-4-7-12(11)24-13/h5,8-10,20H,1-4,6-7H2,(H,19,21). The maximum absolute atomic E-state index is 12.3. The molecule has 134 valence electrons. The highest BCUT2D eigenvalue weighted by Crippen LogP contribution is 2.28. The first-order chi connectivity index (χ1) is 12.0. The number of carbonyl (C=O) groups is 1. The number of pyridine rings is 1. The summed E-state index contributed by atoms with van der Waals surface area (Å²) in [4.78, 5) is 19.7. The Morgan fingerprint density at radius 3 is 2.72 bits per heavy atom. The van der Waals surface area contributed by atoms with Crippen LogP contribution >= 0.6 is 22.9 Å². The number of thiophene rings is 1. The average Bonchev–Trinajstić information content (AvgIpc) is 2.95. The predicted molar refractivity (Wildman–Crippen MR) is 97.2 cm³/mol. The van der Waals surface area contributed by atoms with Crippen molar-refractivity contribution in [2.45, 2.75) is 43.4 Å². The smallest absolute Gasteiger partial charge is 0.273 e. The molecule has 0 aromatic carbocycles. The Morgan fingerprint density at radius 2 is 1.96 bits per heavy atom. The molecule has 25 heavy (non-hydrogen) atoms. The SMILES string of the molecule is O=C(NNS(=O)(=O)c1cccnc1Cl)c1cc2c(s1)CCCCCC2. The van der Waals surface area contributed by atoms with Crippen LogP contribution in [-0.4, -0.2) is 19.3 Å². The molecule has 2 N–H and O–H groups in total. The van der Waals surface area contributed by atoms with Gasteiger partial charge in [-0.15, -0.1) is 16.2 Å². The van der Waals surface area contributed by atoms with E-state index < -0.39 is 15.9 Å². The first-order valence-electron chi connectivity index (χ1n) is 8.01. The predicted octanol–water partition coefficient (Wildman–Crippen LogP) is 3.08. The Bertz CT molecular complexity index is 855. The molecule has 6 nitrogen and oxygen atoms in total. The lowest BCUT2D eigenvalue weighted by Crippen LogP contribution is -2.41. The summed E-state index contributed by atoms with van der Waals surface area (Å²) in [6, 6.07) is 4.65. The first kappa shape index (κ1) is 18.3. The third-order valence-electron chi connectivity index (χ3n) is 4.03. The largest absolute Gasteiger partial charge is 0.276 e. The molecular weight excluding hydrogens is 382 g/mol. The summed E-state index contributed by atoms with van der Waals surface area (Å²) in [5.74, 6) is -0.472. The Morgan fingerprint density at radius 1 is 1.20 bits per heavy atom. The normalized spacial score (nSPS) is 15.1. The molecule has 2 heterocycles. The fourth-order valence-electron chi connectivity index (χ4n) is 2.76. The van der Waals surface area contributed by atoms with Gasteiger partial charge in [0.2, 0.25) is 0 Å². The van der Waals surface area contributed by atoms with Gasteiger partial charge in [-0.3, -0.25) is 10.2 Å². The molecule has 0 spiro atoms. The van der Waals surface area contributed by atoms with Gasteiger partial charge >= 0.3 is 0 Å². The quantitative estimate of drug-likeness (QED) is 0.610. The minimum Gasteiger partial charge on any atom is -0.273 e. The van der Waals surface area contributed by atoms with Crippen LogP contribution in [0.15, 0.2) is 29.3 Å². The van der Waals surface area contributed by atoms with Gasteiger partial charge in [0.15, 0.2) is 0 Å². The van der Waals surface area contributed by atoms with Crippen molar-refractivity contribution in [2.75, 3.05) is 0 Å². The van der Waals surface area contributed by atoms with Crippen LogP contribution < -0.4 is 10.3 Å². The van der Waals surface area contributed by atoms with E-state index in [0.29, 0.717) is 4.88 Å². The highest BCUT2D eigenvalue weighted by atomic mass is 35.5. The second-order valence-corrected chi connectivity index (χ2v) is 8.97. The molecule has 0 radical (unpaired) electrons. The number of aryl methyl sites for hydroxylation is 2. The number of rotatable bonds is 4. The Kier molecular flexibility index (Phi) is 5.73. The molecule has 0 bridgehead atoms. The van der Waals surface area contributed by atoms with E-state index in [0.717, 1.165) is 25.7 Å². The van der Waals surface area contributed by atoms with E-state index in [1.165, 1.54) is 52.9 Å². The number of fused-ring (bicyclic) bond motifs is 1. The number of hydrogen-bond acceptors (Lipinski definition) is 5. The molecule has 0 unspecified atom stereocenters. The lowest BCUT2D eigenvalue weighted by Gasteiger charge is -2.08. The van der Waals surface area contributed by atoms with Crippen LogP contribution in [0, 0.1) is 0 Å². The number of sulfonamides is 1. The van der Waals surface area contributed by atoms with Gasteiger partial charge in [-0.2, -0.15) is 0 Å². The summed E-state index contributed by atoms with van der Waals surface area (Å²) in [7, 11) is -3.98. The number of aromatic nitrogens is 1. The van der Waals surface area contributed by atoms with E-state index in [9.17, 15) is 13.2 Å². The van der Waals surface area contributed by atoms with Gasteiger partial charge in [0.1, 0.15) is 10.0 Å². The molecule has 9 heteroatoms. The first-order valence-corrected chi connectivity index (χ1v) is 10.7. The number of halogens is 1. The summed E-state index contributed by atoms with van der Waals surface area (Å²) in [6.45, 7) is 0. The number of hydrazine groups is 1. The van der Waals surface area contributed by atoms with Crippen molar-refractivity contribution < 1.29 is 13.2 Å². The van der Waals surface area contributed by atoms with Gasteiger partial charge in [0.25, 0.3) is 15.9 Å². The molecule has 3 rings (SSSR count). The number of carbonyl (C=O) groups excluding carboxylic acids is 1. The fraction of sp³-hybridized carbons (Fsp3) is 0.375. The van der Waals surface area contributed by atoms with Crippen LogP contribution in [0.1, 0.15) is 45.8 Å². The van der Waals surface area contributed by atoms with Crippen molar-refractivity contribution in [3.8, 4) is 0 Å². The number of hydrogen-bond donors (Lipinski definition) is 2. The minimum absolute atomic E-state index is 0.150. The molecule has 2 aromatic rings. The number of nitrogens with one attached hydrogen (secondary N) is 2. The van der Waals surface area contributed by atoms with Crippen molar-refractivity contribution in [1.29, 1.82) is 0 Å². The Labute approximate surface area is 155 Å². The number of nitrogens with zero attached hydrogens (tertiary/aromatic N) is 1. The molecule has 2 aromatic heterocycles. The zero-order valence-corrected chi connectivity index (χ0v) is 15.8. The second-order valence-electron chi connectivity index (χ2n) is 5.83. The van der Waals surface area contributed by atoms with Crippen LogP contribution in [0.2, 0.25) is 5.15 Å². The molecule has 1 aliphatic rings. The highest BCUT2D eigenvalue weighted by Gasteiger charge is 2.21. The summed E-state index contributed by atoms with van der Waals surface area (Å²) >= 11 is 7.23. The molecule has 0 saturated heterocycles. The van der Waals surface area contributed by atoms with E-state index in [1.54, 1.807) is 0 Å². The van der Waals surface area contributed by atoms with Gasteiger partial charge in [0, 0.05) is 11.1 Å². The van der Waals surface area contributed by atoms with Crippen molar-refractivity contribution >= 4 is 38.9 Å². The molecule has 0 saturated carbocycles. The van der Waals surface area contributed by atoms with Gasteiger partial charge < -0.3 is 0 Å². The molecule has 0 atom stereocenters. The lowest BCUT2D eigenvalue weighted by atomic mass is 10.00.